The molecule has 1 heterocycles. The molecule has 0 bridgehead atoms. The second-order valence-corrected chi connectivity index (χ2v) is 8.70. The Morgan fingerprint density at radius 3 is 2.50 bits per heavy atom. The SMILES string of the molecule is CN1CCN(CCc2ccccc2)CC1CN(C(=O)C1CCC1)c1ccccc1F. The summed E-state index contributed by atoms with van der Waals surface area (Å²) in [6.45, 7) is 4.42. The Bertz CT molecular complexity index is 839. The maximum absolute atomic E-state index is 14.6. The predicted molar refractivity (Wildman–Crippen MR) is 119 cm³/mol. The second kappa shape index (κ2) is 9.71. The number of carbonyl (C=O) groups excluding carboxylic acids is 1. The van der Waals surface area contributed by atoms with E-state index in [2.05, 4.69) is 41.1 Å². The van der Waals surface area contributed by atoms with Gasteiger partial charge in [0.1, 0.15) is 5.82 Å². The summed E-state index contributed by atoms with van der Waals surface area (Å²) >= 11 is 0. The van der Waals surface area contributed by atoms with E-state index in [0.717, 1.165) is 51.9 Å². The molecule has 1 unspecified atom stereocenters. The Kier molecular flexibility index (Phi) is 6.80. The normalized spacial score (nSPS) is 20.7. The minimum atomic E-state index is -0.315. The molecule has 4 rings (SSSR count). The van der Waals surface area contributed by atoms with Crippen LogP contribution in [0.1, 0.15) is 24.8 Å². The van der Waals surface area contributed by atoms with Crippen molar-refractivity contribution in [3.63, 3.8) is 0 Å². The first-order chi connectivity index (χ1) is 14.6. The fraction of sp³-hybridized carbons (Fsp3) is 0.480. The maximum Gasteiger partial charge on any atom is 0.230 e. The van der Waals surface area contributed by atoms with Crippen LogP contribution in [-0.4, -0.2) is 61.5 Å². The first-order valence-corrected chi connectivity index (χ1v) is 11.1. The van der Waals surface area contributed by atoms with Gasteiger partial charge in [-0.1, -0.05) is 48.9 Å². The average Bonchev–Trinajstić information content (AvgIpc) is 2.72. The summed E-state index contributed by atoms with van der Waals surface area (Å²) < 4.78 is 14.6. The zero-order valence-corrected chi connectivity index (χ0v) is 17.8. The lowest BCUT2D eigenvalue weighted by atomic mass is 9.84. The van der Waals surface area contributed by atoms with E-state index in [-0.39, 0.29) is 23.7 Å². The number of anilines is 1. The van der Waals surface area contributed by atoms with E-state index in [1.54, 1.807) is 17.0 Å². The Morgan fingerprint density at radius 2 is 1.80 bits per heavy atom. The van der Waals surface area contributed by atoms with Gasteiger partial charge in [-0.15, -0.1) is 0 Å². The summed E-state index contributed by atoms with van der Waals surface area (Å²) in [7, 11) is 2.12. The van der Waals surface area contributed by atoms with Crippen LogP contribution >= 0.6 is 0 Å². The summed E-state index contributed by atoms with van der Waals surface area (Å²) in [6, 6.07) is 17.4. The Hall–Kier alpha value is -2.24. The number of hydrogen-bond acceptors (Lipinski definition) is 3. The highest BCUT2D eigenvalue weighted by atomic mass is 19.1. The van der Waals surface area contributed by atoms with Crippen LogP contribution in [0.2, 0.25) is 0 Å². The quantitative estimate of drug-likeness (QED) is 0.696. The minimum absolute atomic E-state index is 0.0488. The third kappa shape index (κ3) is 4.90. The molecule has 0 aromatic heterocycles. The number of halogens is 1. The van der Waals surface area contributed by atoms with Crippen molar-refractivity contribution in [3.05, 3.63) is 66.0 Å². The molecule has 0 N–H and O–H groups in total. The number of piperazine rings is 1. The first-order valence-electron chi connectivity index (χ1n) is 11.1. The molecule has 2 aromatic rings. The molecule has 0 radical (unpaired) electrons. The van der Waals surface area contributed by atoms with Crippen molar-refractivity contribution in [2.75, 3.05) is 44.7 Å². The molecule has 0 spiro atoms. The molecule has 30 heavy (non-hydrogen) atoms. The van der Waals surface area contributed by atoms with Crippen LogP contribution in [0.15, 0.2) is 54.6 Å². The molecular weight excluding hydrogens is 377 g/mol. The fourth-order valence-electron chi connectivity index (χ4n) is 4.41. The van der Waals surface area contributed by atoms with Gasteiger partial charge in [-0.3, -0.25) is 9.69 Å². The number of likely N-dealkylation sites (N-methyl/N-ethyl adjacent to an activating group) is 1. The fourth-order valence-corrected chi connectivity index (χ4v) is 4.41. The summed E-state index contributed by atoms with van der Waals surface area (Å²) in [5.41, 5.74) is 1.77. The van der Waals surface area contributed by atoms with Gasteiger partial charge >= 0.3 is 0 Å². The van der Waals surface area contributed by atoms with E-state index in [0.29, 0.717) is 12.2 Å². The van der Waals surface area contributed by atoms with Crippen LogP contribution < -0.4 is 4.90 Å². The molecule has 2 aromatic carbocycles. The molecule has 1 amide bonds. The number of amides is 1. The molecular formula is C25H32FN3O. The van der Waals surface area contributed by atoms with Gasteiger partial charge in [0.05, 0.1) is 5.69 Å². The van der Waals surface area contributed by atoms with Crippen LogP contribution in [0.5, 0.6) is 0 Å². The smallest absolute Gasteiger partial charge is 0.230 e. The molecule has 1 saturated heterocycles. The van der Waals surface area contributed by atoms with Gasteiger partial charge in [-0.05, 0) is 44.0 Å². The number of para-hydroxylation sites is 1. The van der Waals surface area contributed by atoms with E-state index >= 15 is 0 Å². The van der Waals surface area contributed by atoms with Crippen molar-refractivity contribution < 1.29 is 9.18 Å². The largest absolute Gasteiger partial charge is 0.308 e. The molecule has 4 nitrogen and oxygen atoms in total. The van der Waals surface area contributed by atoms with Crippen LogP contribution in [0.3, 0.4) is 0 Å². The number of hydrogen-bond donors (Lipinski definition) is 0. The Labute approximate surface area is 179 Å². The second-order valence-electron chi connectivity index (χ2n) is 8.70. The van der Waals surface area contributed by atoms with Crippen LogP contribution in [0.4, 0.5) is 10.1 Å². The summed E-state index contributed by atoms with van der Waals surface area (Å²) in [6.07, 6.45) is 3.97. The monoisotopic (exact) mass is 409 g/mol. The third-order valence-electron chi connectivity index (χ3n) is 6.68. The molecule has 2 aliphatic rings. The number of nitrogens with zero attached hydrogens (tertiary/aromatic N) is 3. The minimum Gasteiger partial charge on any atom is -0.308 e. The molecule has 1 atom stereocenters. The zero-order valence-electron chi connectivity index (χ0n) is 17.8. The lowest BCUT2D eigenvalue weighted by molar-refractivity contribution is -0.125. The van der Waals surface area contributed by atoms with Crippen molar-refractivity contribution in [3.8, 4) is 0 Å². The number of benzene rings is 2. The van der Waals surface area contributed by atoms with Gasteiger partial charge in [0.25, 0.3) is 0 Å². The van der Waals surface area contributed by atoms with Gasteiger partial charge in [-0.25, -0.2) is 4.39 Å². The van der Waals surface area contributed by atoms with Gasteiger partial charge in [0, 0.05) is 44.7 Å². The van der Waals surface area contributed by atoms with Crippen LogP contribution in [0, 0.1) is 11.7 Å². The Morgan fingerprint density at radius 1 is 1.07 bits per heavy atom. The lowest BCUT2D eigenvalue weighted by Gasteiger charge is -2.42. The molecule has 160 valence electrons. The van der Waals surface area contributed by atoms with Gasteiger partial charge in [0.2, 0.25) is 5.91 Å². The number of carbonyl (C=O) groups is 1. The molecule has 2 fully saturated rings. The standard InChI is InChI=1S/C25H32FN3O/c1-27-16-17-28(15-14-20-8-3-2-4-9-20)18-22(27)19-29(25(30)21-10-7-11-21)24-13-6-5-12-23(24)26/h2-6,8-9,12-13,21-22H,7,10-11,14-19H2,1H3. The maximum atomic E-state index is 14.6. The molecule has 1 saturated carbocycles. The van der Waals surface area contributed by atoms with Crippen LogP contribution in [-0.2, 0) is 11.2 Å². The summed E-state index contributed by atoms with van der Waals surface area (Å²) in [5.74, 6) is -0.182. The van der Waals surface area contributed by atoms with E-state index in [4.69, 9.17) is 0 Å². The Balaban J connectivity index is 1.45. The summed E-state index contributed by atoms with van der Waals surface area (Å²) in [4.78, 5) is 19.7. The van der Waals surface area contributed by atoms with Crippen molar-refractivity contribution in [1.29, 1.82) is 0 Å². The van der Waals surface area contributed by atoms with Crippen molar-refractivity contribution in [1.82, 2.24) is 9.80 Å². The summed E-state index contributed by atoms with van der Waals surface area (Å²) in [5, 5.41) is 0. The van der Waals surface area contributed by atoms with Gasteiger partial charge < -0.3 is 9.80 Å². The number of rotatable bonds is 7. The average molecular weight is 410 g/mol. The van der Waals surface area contributed by atoms with Crippen molar-refractivity contribution in [2.45, 2.75) is 31.7 Å². The highest BCUT2D eigenvalue weighted by molar-refractivity contribution is 5.95. The highest BCUT2D eigenvalue weighted by Crippen LogP contribution is 2.31. The topological polar surface area (TPSA) is 26.8 Å². The lowest BCUT2D eigenvalue weighted by Crippen LogP contribution is -2.57. The zero-order chi connectivity index (χ0) is 20.9. The van der Waals surface area contributed by atoms with Gasteiger partial charge in [0.15, 0.2) is 0 Å². The molecule has 1 aliphatic carbocycles. The van der Waals surface area contributed by atoms with Crippen molar-refractivity contribution >= 4 is 11.6 Å². The highest BCUT2D eigenvalue weighted by Gasteiger charge is 2.34. The van der Waals surface area contributed by atoms with Crippen LogP contribution in [0.25, 0.3) is 0 Å². The van der Waals surface area contributed by atoms with E-state index in [9.17, 15) is 9.18 Å². The van der Waals surface area contributed by atoms with Crippen molar-refractivity contribution in [2.24, 2.45) is 5.92 Å². The van der Waals surface area contributed by atoms with E-state index in [1.165, 1.54) is 11.6 Å². The van der Waals surface area contributed by atoms with E-state index < -0.39 is 0 Å². The van der Waals surface area contributed by atoms with E-state index in [1.807, 2.05) is 12.1 Å². The van der Waals surface area contributed by atoms with Gasteiger partial charge in [-0.2, -0.15) is 0 Å². The predicted octanol–water partition coefficient (Wildman–Crippen LogP) is 3.82. The molecule has 1 aliphatic heterocycles. The third-order valence-corrected chi connectivity index (χ3v) is 6.68. The first kappa shape index (κ1) is 21.0. The molecule has 5 heteroatoms.